The van der Waals surface area contributed by atoms with Crippen LogP contribution in [0.3, 0.4) is 0 Å². The maximum Gasteiger partial charge on any atom is 0.326 e. The number of ether oxygens (including phenoxy) is 1. The zero-order valence-electron chi connectivity index (χ0n) is 16.0. The summed E-state index contributed by atoms with van der Waals surface area (Å²) in [5.74, 6) is -2.16. The van der Waals surface area contributed by atoms with Crippen LogP contribution in [-0.2, 0) is 27.3 Å². The quantitative estimate of drug-likeness (QED) is 0.585. The molecule has 0 saturated carbocycles. The van der Waals surface area contributed by atoms with Crippen molar-refractivity contribution in [1.82, 2.24) is 9.80 Å². The van der Waals surface area contributed by atoms with E-state index in [0.717, 1.165) is 16.9 Å². The predicted molar refractivity (Wildman–Crippen MR) is 103 cm³/mol. The molecule has 7 nitrogen and oxygen atoms in total. The molecule has 3 amide bonds. The maximum atomic E-state index is 12.7. The molecule has 0 radical (unpaired) electrons. The van der Waals surface area contributed by atoms with Gasteiger partial charge < -0.3 is 9.64 Å². The molecule has 2 aliphatic heterocycles. The summed E-state index contributed by atoms with van der Waals surface area (Å²) in [5, 5.41) is 0. The number of benzene rings is 2. The van der Waals surface area contributed by atoms with Gasteiger partial charge in [-0.3, -0.25) is 24.1 Å². The van der Waals surface area contributed by atoms with E-state index in [1.807, 2.05) is 24.3 Å². The molecule has 1 atom stereocenters. The van der Waals surface area contributed by atoms with Gasteiger partial charge in [-0.1, -0.05) is 36.4 Å². The minimum Gasteiger partial charge on any atom is -0.451 e. The fraction of sp³-hybridized carbons (Fsp3) is 0.273. The standard InChI is InChI=1S/C22H20N2O5/c1-14(20(26)23-11-10-15-6-2-3-7-16(15)12-23)29-19(25)13-24-21(27)17-8-4-5-9-18(17)22(24)28/h2-9,14H,10-13H2,1H3/t14-/m1/s1. The van der Waals surface area contributed by atoms with Crippen LogP contribution in [-0.4, -0.2) is 52.7 Å². The van der Waals surface area contributed by atoms with Gasteiger partial charge in [-0.05, 0) is 36.6 Å². The highest BCUT2D eigenvalue weighted by atomic mass is 16.5. The van der Waals surface area contributed by atoms with Crippen molar-refractivity contribution in [3.63, 3.8) is 0 Å². The molecule has 7 heteroatoms. The molecule has 2 aromatic rings. The Bertz CT molecular complexity index is 981. The Kier molecular flexibility index (Phi) is 4.88. The summed E-state index contributed by atoms with van der Waals surface area (Å²) in [6.45, 7) is 2.00. The molecule has 2 aliphatic rings. The monoisotopic (exact) mass is 392 g/mol. The van der Waals surface area contributed by atoms with Crippen LogP contribution in [0.5, 0.6) is 0 Å². The molecule has 0 saturated heterocycles. The average molecular weight is 392 g/mol. The van der Waals surface area contributed by atoms with Gasteiger partial charge in [-0.2, -0.15) is 0 Å². The summed E-state index contributed by atoms with van der Waals surface area (Å²) in [4.78, 5) is 52.2. The highest BCUT2D eigenvalue weighted by Gasteiger charge is 2.37. The minimum absolute atomic E-state index is 0.265. The zero-order valence-corrected chi connectivity index (χ0v) is 16.0. The molecule has 0 N–H and O–H groups in total. The van der Waals surface area contributed by atoms with Gasteiger partial charge >= 0.3 is 5.97 Å². The fourth-order valence-corrected chi connectivity index (χ4v) is 3.74. The molecule has 0 aromatic heterocycles. The summed E-state index contributed by atoms with van der Waals surface area (Å²) < 4.78 is 5.23. The van der Waals surface area contributed by atoms with E-state index in [1.54, 1.807) is 29.2 Å². The molecule has 0 unspecified atom stereocenters. The summed E-state index contributed by atoms with van der Waals surface area (Å²) in [5.41, 5.74) is 2.83. The molecule has 4 rings (SSSR count). The smallest absolute Gasteiger partial charge is 0.326 e. The number of hydrogen-bond acceptors (Lipinski definition) is 5. The minimum atomic E-state index is -0.997. The Morgan fingerprint density at radius 2 is 1.55 bits per heavy atom. The zero-order chi connectivity index (χ0) is 20.5. The number of fused-ring (bicyclic) bond motifs is 2. The maximum absolute atomic E-state index is 12.7. The summed E-state index contributed by atoms with van der Waals surface area (Å²) in [6, 6.07) is 14.3. The van der Waals surface area contributed by atoms with E-state index >= 15 is 0 Å². The fourth-order valence-electron chi connectivity index (χ4n) is 3.74. The number of carbonyl (C=O) groups excluding carboxylic acids is 4. The molecule has 0 fully saturated rings. The molecular formula is C22H20N2O5. The van der Waals surface area contributed by atoms with Gasteiger partial charge in [0, 0.05) is 13.1 Å². The van der Waals surface area contributed by atoms with Crippen LogP contribution in [0.4, 0.5) is 0 Å². The van der Waals surface area contributed by atoms with E-state index in [0.29, 0.717) is 13.1 Å². The number of imide groups is 1. The Balaban J connectivity index is 1.36. The third-order valence-electron chi connectivity index (χ3n) is 5.26. The van der Waals surface area contributed by atoms with Gasteiger partial charge in [0.1, 0.15) is 6.54 Å². The second-order valence-electron chi connectivity index (χ2n) is 7.15. The van der Waals surface area contributed by atoms with E-state index in [-0.39, 0.29) is 17.0 Å². The van der Waals surface area contributed by atoms with Gasteiger partial charge in [0.2, 0.25) is 0 Å². The van der Waals surface area contributed by atoms with Crippen molar-refractivity contribution in [3.8, 4) is 0 Å². The van der Waals surface area contributed by atoms with Crippen molar-refractivity contribution < 1.29 is 23.9 Å². The average Bonchev–Trinajstić information content (AvgIpc) is 2.98. The van der Waals surface area contributed by atoms with Gasteiger partial charge in [0.05, 0.1) is 11.1 Å². The van der Waals surface area contributed by atoms with Crippen molar-refractivity contribution in [2.75, 3.05) is 13.1 Å². The summed E-state index contributed by atoms with van der Waals surface area (Å²) >= 11 is 0. The normalized spacial score (nSPS) is 16.3. The van der Waals surface area contributed by atoms with Crippen molar-refractivity contribution >= 4 is 23.7 Å². The first-order chi connectivity index (χ1) is 14.0. The van der Waals surface area contributed by atoms with E-state index in [1.165, 1.54) is 12.5 Å². The molecule has 0 aliphatic carbocycles. The van der Waals surface area contributed by atoms with Crippen molar-refractivity contribution in [2.24, 2.45) is 0 Å². The number of esters is 1. The van der Waals surface area contributed by atoms with Crippen molar-refractivity contribution in [3.05, 3.63) is 70.8 Å². The highest BCUT2D eigenvalue weighted by Crippen LogP contribution is 2.23. The van der Waals surface area contributed by atoms with Crippen LogP contribution in [0.25, 0.3) is 0 Å². The van der Waals surface area contributed by atoms with E-state index in [4.69, 9.17) is 4.74 Å². The first-order valence-electron chi connectivity index (χ1n) is 9.46. The number of rotatable bonds is 4. The van der Waals surface area contributed by atoms with Crippen LogP contribution in [0.1, 0.15) is 38.8 Å². The van der Waals surface area contributed by atoms with Crippen LogP contribution >= 0.6 is 0 Å². The Labute approximate surface area is 167 Å². The third kappa shape index (κ3) is 3.51. The molecule has 0 spiro atoms. The molecule has 2 aromatic carbocycles. The number of carbonyl (C=O) groups is 4. The number of nitrogens with zero attached hydrogens (tertiary/aromatic N) is 2. The SMILES string of the molecule is C[C@@H](OC(=O)CN1C(=O)c2ccccc2C1=O)C(=O)N1CCc2ccccc2C1. The van der Waals surface area contributed by atoms with Crippen LogP contribution in [0, 0.1) is 0 Å². The lowest BCUT2D eigenvalue weighted by Gasteiger charge is -2.30. The molecule has 148 valence electrons. The van der Waals surface area contributed by atoms with Crippen LogP contribution in [0.15, 0.2) is 48.5 Å². The Morgan fingerprint density at radius 1 is 0.966 bits per heavy atom. The lowest BCUT2D eigenvalue weighted by Crippen LogP contribution is -2.44. The lowest BCUT2D eigenvalue weighted by atomic mass is 9.99. The Morgan fingerprint density at radius 3 is 2.21 bits per heavy atom. The first-order valence-corrected chi connectivity index (χ1v) is 9.46. The second kappa shape index (κ2) is 7.50. The topological polar surface area (TPSA) is 84.0 Å². The number of amides is 3. The van der Waals surface area contributed by atoms with E-state index in [9.17, 15) is 19.2 Å². The largest absolute Gasteiger partial charge is 0.451 e. The number of hydrogen-bond donors (Lipinski definition) is 0. The van der Waals surface area contributed by atoms with Gasteiger partial charge in [-0.15, -0.1) is 0 Å². The second-order valence-corrected chi connectivity index (χ2v) is 7.15. The molecular weight excluding hydrogens is 372 g/mol. The predicted octanol–water partition coefficient (Wildman–Crippen LogP) is 1.80. The molecule has 2 heterocycles. The summed E-state index contributed by atoms with van der Waals surface area (Å²) in [6.07, 6.45) is -0.250. The third-order valence-corrected chi connectivity index (χ3v) is 5.26. The summed E-state index contributed by atoms with van der Waals surface area (Å²) in [7, 11) is 0. The van der Waals surface area contributed by atoms with Crippen LogP contribution in [0.2, 0.25) is 0 Å². The highest BCUT2D eigenvalue weighted by molar-refractivity contribution is 6.22. The molecule has 0 bridgehead atoms. The van der Waals surface area contributed by atoms with Gasteiger partial charge in [0.25, 0.3) is 17.7 Å². The van der Waals surface area contributed by atoms with Crippen molar-refractivity contribution in [1.29, 1.82) is 0 Å². The lowest BCUT2D eigenvalue weighted by molar-refractivity contribution is -0.159. The van der Waals surface area contributed by atoms with Crippen LogP contribution < -0.4 is 0 Å². The molecule has 29 heavy (non-hydrogen) atoms. The van der Waals surface area contributed by atoms with E-state index < -0.39 is 30.4 Å². The van der Waals surface area contributed by atoms with E-state index in [2.05, 4.69) is 0 Å². The van der Waals surface area contributed by atoms with Crippen molar-refractivity contribution in [2.45, 2.75) is 26.0 Å². The first kappa shape index (κ1) is 18.9. The van der Waals surface area contributed by atoms with Gasteiger partial charge in [0.15, 0.2) is 6.10 Å². The van der Waals surface area contributed by atoms with Gasteiger partial charge in [-0.25, -0.2) is 0 Å². The Hall–Kier alpha value is -3.48.